The van der Waals surface area contributed by atoms with E-state index in [2.05, 4.69) is 24.1 Å². The predicted molar refractivity (Wildman–Crippen MR) is 112 cm³/mol. The Kier molecular flexibility index (Phi) is 5.84. The van der Waals surface area contributed by atoms with Crippen LogP contribution in [-0.4, -0.2) is 23.8 Å². The zero-order valence-electron chi connectivity index (χ0n) is 16.2. The lowest BCUT2D eigenvalue weighted by Gasteiger charge is -2.17. The Hall–Kier alpha value is -3.47. The summed E-state index contributed by atoms with van der Waals surface area (Å²) in [5.41, 5.74) is 3.27. The molecule has 2 amide bonds. The monoisotopic (exact) mass is 373 g/mol. The second-order valence-corrected chi connectivity index (χ2v) is 6.86. The summed E-state index contributed by atoms with van der Waals surface area (Å²) >= 11 is 0. The number of hydrogen-bond acceptors (Lipinski definition) is 3. The summed E-state index contributed by atoms with van der Waals surface area (Å²) in [5.74, 6) is -0.131. The molecule has 5 nitrogen and oxygen atoms in total. The zero-order chi connectivity index (χ0) is 20.1. The molecule has 0 aliphatic rings. The fourth-order valence-electron chi connectivity index (χ4n) is 2.80. The molecular formula is C23H23N3O2. The smallest absolute Gasteiger partial charge is 0.274 e. The van der Waals surface area contributed by atoms with E-state index in [0.29, 0.717) is 17.2 Å². The van der Waals surface area contributed by atoms with E-state index in [1.807, 2.05) is 54.6 Å². The minimum Gasteiger partial charge on any atom is -0.321 e. The van der Waals surface area contributed by atoms with E-state index in [1.165, 1.54) is 17.8 Å². The second-order valence-electron chi connectivity index (χ2n) is 6.86. The van der Waals surface area contributed by atoms with E-state index in [-0.39, 0.29) is 17.5 Å². The summed E-state index contributed by atoms with van der Waals surface area (Å²) in [6.07, 6.45) is 1.48. The van der Waals surface area contributed by atoms with Gasteiger partial charge in [0, 0.05) is 30.2 Å². The average molecular weight is 373 g/mol. The van der Waals surface area contributed by atoms with Gasteiger partial charge in [-0.25, -0.2) is 0 Å². The van der Waals surface area contributed by atoms with Gasteiger partial charge in [-0.15, -0.1) is 0 Å². The Labute approximate surface area is 165 Å². The number of carbonyl (C=O) groups excluding carboxylic acids is 2. The molecule has 0 bridgehead atoms. The summed E-state index contributed by atoms with van der Waals surface area (Å²) < 4.78 is 0. The van der Waals surface area contributed by atoms with Crippen LogP contribution < -0.4 is 10.2 Å². The van der Waals surface area contributed by atoms with Gasteiger partial charge in [-0.3, -0.25) is 14.6 Å². The Bertz CT molecular complexity index is 967. The summed E-state index contributed by atoms with van der Waals surface area (Å²) in [6, 6.07) is 20.2. The molecule has 0 aliphatic carbocycles. The molecule has 0 aliphatic heterocycles. The third-order valence-corrected chi connectivity index (χ3v) is 4.52. The number of nitrogens with zero attached hydrogens (tertiary/aromatic N) is 2. The van der Waals surface area contributed by atoms with Crippen molar-refractivity contribution in [2.75, 3.05) is 17.3 Å². The molecule has 1 N–H and O–H groups in total. The van der Waals surface area contributed by atoms with Gasteiger partial charge in [0.2, 0.25) is 0 Å². The summed E-state index contributed by atoms with van der Waals surface area (Å²) in [4.78, 5) is 31.0. The van der Waals surface area contributed by atoms with Gasteiger partial charge in [-0.2, -0.15) is 0 Å². The predicted octanol–water partition coefficient (Wildman–Crippen LogP) is 4.73. The van der Waals surface area contributed by atoms with Crippen molar-refractivity contribution in [1.82, 2.24) is 4.98 Å². The summed E-state index contributed by atoms with van der Waals surface area (Å²) in [6.45, 7) is 4.24. The minimum absolute atomic E-state index is 0.195. The highest BCUT2D eigenvalue weighted by Gasteiger charge is 2.16. The largest absolute Gasteiger partial charge is 0.321 e. The number of para-hydroxylation sites is 1. The van der Waals surface area contributed by atoms with Gasteiger partial charge >= 0.3 is 0 Å². The fourth-order valence-corrected chi connectivity index (χ4v) is 2.80. The van der Waals surface area contributed by atoms with E-state index in [0.717, 1.165) is 5.69 Å². The topological polar surface area (TPSA) is 62.3 Å². The molecule has 28 heavy (non-hydrogen) atoms. The Morgan fingerprint density at radius 1 is 0.964 bits per heavy atom. The maximum Gasteiger partial charge on any atom is 0.274 e. The first-order valence-electron chi connectivity index (χ1n) is 9.16. The maximum atomic E-state index is 12.7. The van der Waals surface area contributed by atoms with Crippen LogP contribution in [0.4, 0.5) is 11.4 Å². The van der Waals surface area contributed by atoms with Gasteiger partial charge in [0.05, 0.1) is 0 Å². The van der Waals surface area contributed by atoms with Crippen molar-refractivity contribution in [2.45, 2.75) is 19.8 Å². The van der Waals surface area contributed by atoms with E-state index in [4.69, 9.17) is 0 Å². The molecule has 1 aromatic heterocycles. The first kappa shape index (κ1) is 19.3. The normalized spacial score (nSPS) is 10.6. The fraction of sp³-hybridized carbons (Fsp3) is 0.174. The maximum absolute atomic E-state index is 12.7. The molecule has 5 heteroatoms. The highest BCUT2D eigenvalue weighted by molar-refractivity contribution is 6.08. The number of anilines is 2. The van der Waals surface area contributed by atoms with Crippen molar-refractivity contribution in [1.29, 1.82) is 0 Å². The molecule has 0 saturated heterocycles. The first-order valence-corrected chi connectivity index (χ1v) is 9.16. The molecule has 2 aromatic carbocycles. The van der Waals surface area contributed by atoms with Crippen molar-refractivity contribution >= 4 is 23.2 Å². The Morgan fingerprint density at radius 2 is 1.64 bits per heavy atom. The van der Waals surface area contributed by atoms with Crippen molar-refractivity contribution in [3.63, 3.8) is 0 Å². The minimum atomic E-state index is -0.352. The highest BCUT2D eigenvalue weighted by Crippen LogP contribution is 2.18. The van der Waals surface area contributed by atoms with Crippen molar-refractivity contribution in [2.24, 2.45) is 0 Å². The zero-order valence-corrected chi connectivity index (χ0v) is 16.2. The summed E-state index contributed by atoms with van der Waals surface area (Å²) in [7, 11) is 1.70. The van der Waals surface area contributed by atoms with Crippen LogP contribution in [0, 0.1) is 0 Å². The van der Waals surface area contributed by atoms with E-state index in [9.17, 15) is 9.59 Å². The van der Waals surface area contributed by atoms with Crippen LogP contribution in [0.3, 0.4) is 0 Å². The van der Waals surface area contributed by atoms with Crippen LogP contribution in [0.5, 0.6) is 0 Å². The number of rotatable bonds is 5. The Morgan fingerprint density at radius 3 is 2.29 bits per heavy atom. The highest BCUT2D eigenvalue weighted by atomic mass is 16.2. The molecule has 0 radical (unpaired) electrons. The lowest BCUT2D eigenvalue weighted by Crippen LogP contribution is -2.26. The molecule has 0 fully saturated rings. The van der Waals surface area contributed by atoms with E-state index in [1.54, 1.807) is 18.0 Å². The van der Waals surface area contributed by atoms with Crippen LogP contribution in [-0.2, 0) is 0 Å². The van der Waals surface area contributed by atoms with Gasteiger partial charge in [0.15, 0.2) is 0 Å². The van der Waals surface area contributed by atoms with Gasteiger partial charge < -0.3 is 10.2 Å². The van der Waals surface area contributed by atoms with Crippen molar-refractivity contribution in [3.05, 3.63) is 89.7 Å². The van der Waals surface area contributed by atoms with Crippen LogP contribution in [0.15, 0.2) is 72.9 Å². The van der Waals surface area contributed by atoms with Crippen molar-refractivity contribution in [3.8, 4) is 0 Å². The van der Waals surface area contributed by atoms with Crippen LogP contribution in [0.1, 0.15) is 46.2 Å². The Balaban J connectivity index is 1.75. The van der Waals surface area contributed by atoms with Gasteiger partial charge in [-0.1, -0.05) is 44.2 Å². The van der Waals surface area contributed by atoms with Gasteiger partial charge in [0.25, 0.3) is 11.8 Å². The summed E-state index contributed by atoms with van der Waals surface area (Å²) in [5, 5.41) is 2.83. The number of pyridine rings is 1. The quantitative estimate of drug-likeness (QED) is 0.703. The van der Waals surface area contributed by atoms with Gasteiger partial charge in [-0.05, 0) is 47.9 Å². The number of hydrogen-bond donors (Lipinski definition) is 1. The SMILES string of the molecule is CC(C)c1ccc(NC(=O)c2cc(C(=O)N(C)c3ccccc3)ccn2)cc1. The standard InChI is InChI=1S/C23H23N3O2/c1-16(2)17-9-11-19(12-10-17)25-22(27)21-15-18(13-14-24-21)23(28)26(3)20-7-5-4-6-8-20/h4-16H,1-3H3,(H,25,27). The molecular weight excluding hydrogens is 350 g/mol. The second kappa shape index (κ2) is 8.48. The number of amides is 2. The number of nitrogens with one attached hydrogen (secondary N) is 1. The molecule has 0 saturated carbocycles. The van der Waals surface area contributed by atoms with Crippen LogP contribution >= 0.6 is 0 Å². The van der Waals surface area contributed by atoms with Crippen LogP contribution in [0.2, 0.25) is 0 Å². The molecule has 142 valence electrons. The van der Waals surface area contributed by atoms with E-state index >= 15 is 0 Å². The van der Waals surface area contributed by atoms with Crippen LogP contribution in [0.25, 0.3) is 0 Å². The van der Waals surface area contributed by atoms with E-state index < -0.39 is 0 Å². The molecule has 0 unspecified atom stereocenters. The number of aromatic nitrogens is 1. The lowest BCUT2D eigenvalue weighted by molar-refractivity contribution is 0.0993. The molecule has 0 spiro atoms. The third kappa shape index (κ3) is 4.43. The third-order valence-electron chi connectivity index (χ3n) is 4.52. The van der Waals surface area contributed by atoms with Crippen molar-refractivity contribution < 1.29 is 9.59 Å². The molecule has 0 atom stereocenters. The lowest BCUT2D eigenvalue weighted by atomic mass is 10.0. The average Bonchev–Trinajstić information content (AvgIpc) is 2.73. The molecule has 3 aromatic rings. The molecule has 3 rings (SSSR count). The molecule has 1 heterocycles. The number of benzene rings is 2. The van der Waals surface area contributed by atoms with Gasteiger partial charge in [0.1, 0.15) is 5.69 Å². The number of carbonyl (C=O) groups is 2. The first-order chi connectivity index (χ1) is 13.5.